The van der Waals surface area contributed by atoms with E-state index in [1.807, 2.05) is 0 Å². The van der Waals surface area contributed by atoms with Crippen LogP contribution >= 0.6 is 0 Å². The molecule has 2 heteroatoms. The van der Waals surface area contributed by atoms with Crippen molar-refractivity contribution in [2.75, 3.05) is 6.54 Å². The first kappa shape index (κ1) is 11.8. The third-order valence-corrected chi connectivity index (χ3v) is 0.758. The van der Waals surface area contributed by atoms with Gasteiger partial charge in [-0.05, 0) is 13.3 Å². The summed E-state index contributed by atoms with van der Waals surface area (Å²) >= 11 is 0. The Hall–Kier alpha value is -0.970. The molecule has 0 aliphatic heterocycles. The van der Waals surface area contributed by atoms with Gasteiger partial charge in [0.15, 0.2) is 0 Å². The third kappa shape index (κ3) is 27.8. The van der Waals surface area contributed by atoms with Crippen molar-refractivity contribution in [3.63, 3.8) is 0 Å². The molecule has 0 radical (unpaired) electrons. The molecule has 0 bridgehead atoms. The summed E-state index contributed by atoms with van der Waals surface area (Å²) in [6.07, 6.45) is 7.55. The molecule has 0 unspecified atom stereocenters. The number of nitrogens with one attached hydrogen (secondary N) is 1. The molecule has 1 amide bonds. The Labute approximate surface area is 63.0 Å². The van der Waals surface area contributed by atoms with E-state index in [-0.39, 0.29) is 0 Å². The maximum atomic E-state index is 9.57. The first-order valence-corrected chi connectivity index (χ1v) is 3.37. The molecule has 1 N–H and O–H groups in total. The summed E-state index contributed by atoms with van der Waals surface area (Å²) in [5, 5.41) is 2.57. The van der Waals surface area contributed by atoms with E-state index in [1.54, 1.807) is 6.92 Å². The number of unbranched alkanes of at least 4 members (excludes halogenated alkanes) is 1. The van der Waals surface area contributed by atoms with Gasteiger partial charge in [0.05, 0.1) is 0 Å². The molecule has 0 aromatic rings. The second-order valence-corrected chi connectivity index (χ2v) is 1.71. The zero-order valence-electron chi connectivity index (χ0n) is 6.68. The molecule has 0 aromatic carbocycles. The van der Waals surface area contributed by atoms with Gasteiger partial charge < -0.3 is 5.32 Å². The standard InChI is InChI=1S/C5H11NO.C3H4/c1-2-3-4-6-5-7;1-3-2/h5H,2-4H2,1H3,(H,6,7);1H,2H3. The van der Waals surface area contributed by atoms with Gasteiger partial charge >= 0.3 is 0 Å². The molecule has 0 rings (SSSR count). The number of hydrogen-bond donors (Lipinski definition) is 1. The smallest absolute Gasteiger partial charge is 0.207 e. The lowest BCUT2D eigenvalue weighted by Crippen LogP contribution is -2.11. The van der Waals surface area contributed by atoms with Gasteiger partial charge in [-0.1, -0.05) is 13.3 Å². The van der Waals surface area contributed by atoms with Crippen LogP contribution in [0.4, 0.5) is 0 Å². The Morgan fingerprint density at radius 1 is 1.70 bits per heavy atom. The Morgan fingerprint density at radius 3 is 2.50 bits per heavy atom. The van der Waals surface area contributed by atoms with Crippen molar-refractivity contribution in [2.45, 2.75) is 26.7 Å². The van der Waals surface area contributed by atoms with Crippen LogP contribution in [0.5, 0.6) is 0 Å². The maximum absolute atomic E-state index is 9.57. The van der Waals surface area contributed by atoms with Crippen molar-refractivity contribution in [1.82, 2.24) is 5.32 Å². The number of amides is 1. The minimum atomic E-state index is 0.732. The van der Waals surface area contributed by atoms with Crippen LogP contribution in [-0.4, -0.2) is 13.0 Å². The van der Waals surface area contributed by atoms with Crippen molar-refractivity contribution in [2.24, 2.45) is 0 Å². The second-order valence-electron chi connectivity index (χ2n) is 1.71. The van der Waals surface area contributed by atoms with E-state index in [4.69, 9.17) is 0 Å². The Balaban J connectivity index is 0. The Kier molecular flexibility index (Phi) is 18.5. The fourth-order valence-corrected chi connectivity index (χ4v) is 0.338. The molecular weight excluding hydrogens is 126 g/mol. The molecule has 10 heavy (non-hydrogen) atoms. The van der Waals surface area contributed by atoms with Crippen molar-refractivity contribution in [3.8, 4) is 12.3 Å². The number of carbonyl (C=O) groups excluding carboxylic acids is 1. The highest BCUT2D eigenvalue weighted by Gasteiger charge is 1.76. The second kappa shape index (κ2) is 15.7. The molecule has 0 fully saturated rings. The average molecular weight is 141 g/mol. The number of hydrogen-bond acceptors (Lipinski definition) is 1. The molecule has 0 heterocycles. The predicted octanol–water partition coefficient (Wildman–Crippen LogP) is 1.17. The Bertz CT molecular complexity index is 93.9. The number of carbonyl (C=O) groups is 1. The fraction of sp³-hybridized carbons (Fsp3) is 0.625. The molecule has 58 valence electrons. The lowest BCUT2D eigenvalue weighted by Gasteiger charge is -1.90. The van der Waals surface area contributed by atoms with E-state index in [9.17, 15) is 4.79 Å². The summed E-state index contributed by atoms with van der Waals surface area (Å²) in [6, 6.07) is 0. The number of rotatable bonds is 4. The normalized spacial score (nSPS) is 6.50. The van der Waals surface area contributed by atoms with Crippen molar-refractivity contribution in [1.29, 1.82) is 0 Å². The molecule has 2 nitrogen and oxygen atoms in total. The lowest BCUT2D eigenvalue weighted by atomic mass is 10.3. The van der Waals surface area contributed by atoms with Crippen LogP contribution in [-0.2, 0) is 4.79 Å². The van der Waals surface area contributed by atoms with Gasteiger partial charge in [-0.25, -0.2) is 0 Å². The van der Waals surface area contributed by atoms with E-state index >= 15 is 0 Å². The summed E-state index contributed by atoms with van der Waals surface area (Å²) in [5.74, 6) is 2.25. The molecule has 0 aromatic heterocycles. The van der Waals surface area contributed by atoms with Gasteiger partial charge in [-0.2, -0.15) is 0 Å². The van der Waals surface area contributed by atoms with E-state index in [0.29, 0.717) is 0 Å². The topological polar surface area (TPSA) is 29.1 Å². The highest BCUT2D eigenvalue weighted by Crippen LogP contribution is 1.79. The van der Waals surface area contributed by atoms with E-state index in [1.165, 1.54) is 0 Å². The van der Waals surface area contributed by atoms with E-state index in [2.05, 4.69) is 24.6 Å². The quantitative estimate of drug-likeness (QED) is 0.355. The summed E-state index contributed by atoms with van der Waals surface area (Å²) < 4.78 is 0. The maximum Gasteiger partial charge on any atom is 0.207 e. The van der Waals surface area contributed by atoms with Gasteiger partial charge in [-0.15, -0.1) is 12.3 Å². The average Bonchev–Trinajstić information content (AvgIpc) is 1.91. The number of terminal acetylenes is 1. The largest absolute Gasteiger partial charge is 0.359 e. The van der Waals surface area contributed by atoms with Crippen LogP contribution in [0.3, 0.4) is 0 Å². The van der Waals surface area contributed by atoms with Crippen LogP contribution in [0.15, 0.2) is 0 Å². The van der Waals surface area contributed by atoms with Crippen molar-refractivity contribution < 1.29 is 4.79 Å². The van der Waals surface area contributed by atoms with Gasteiger partial charge in [-0.3, -0.25) is 4.79 Å². The zero-order valence-corrected chi connectivity index (χ0v) is 6.68. The molecular formula is C8H15NO. The summed E-state index contributed by atoms with van der Waals surface area (Å²) in [4.78, 5) is 9.57. The molecule has 0 spiro atoms. The predicted molar refractivity (Wildman–Crippen MR) is 43.5 cm³/mol. The monoisotopic (exact) mass is 141 g/mol. The first-order chi connectivity index (χ1) is 4.83. The summed E-state index contributed by atoms with van der Waals surface area (Å²) in [6.45, 7) is 4.56. The summed E-state index contributed by atoms with van der Waals surface area (Å²) in [7, 11) is 0. The fourth-order valence-electron chi connectivity index (χ4n) is 0.338. The molecule has 0 atom stereocenters. The van der Waals surface area contributed by atoms with E-state index < -0.39 is 0 Å². The van der Waals surface area contributed by atoms with Gasteiger partial charge in [0.2, 0.25) is 6.41 Å². The van der Waals surface area contributed by atoms with Gasteiger partial charge in [0.1, 0.15) is 0 Å². The van der Waals surface area contributed by atoms with Crippen LogP contribution in [0.2, 0.25) is 0 Å². The van der Waals surface area contributed by atoms with Crippen LogP contribution in [0.1, 0.15) is 26.7 Å². The first-order valence-electron chi connectivity index (χ1n) is 3.37. The van der Waals surface area contributed by atoms with Crippen LogP contribution in [0, 0.1) is 12.3 Å². The highest BCUT2D eigenvalue weighted by molar-refractivity contribution is 5.45. The zero-order chi connectivity index (χ0) is 8.24. The summed E-state index contributed by atoms with van der Waals surface area (Å²) in [5.41, 5.74) is 0. The van der Waals surface area contributed by atoms with E-state index in [0.717, 1.165) is 25.8 Å². The highest BCUT2D eigenvalue weighted by atomic mass is 16.1. The molecule has 0 saturated carbocycles. The van der Waals surface area contributed by atoms with Crippen molar-refractivity contribution >= 4 is 6.41 Å². The van der Waals surface area contributed by atoms with Gasteiger partial charge in [0.25, 0.3) is 0 Å². The van der Waals surface area contributed by atoms with Crippen molar-refractivity contribution in [3.05, 3.63) is 0 Å². The molecule has 0 aliphatic carbocycles. The minimum absolute atomic E-state index is 0.732. The SMILES string of the molecule is C#CC.CCCCNC=O. The van der Waals surface area contributed by atoms with Gasteiger partial charge in [0, 0.05) is 6.54 Å². The molecule has 0 aliphatic rings. The molecule has 0 saturated heterocycles. The minimum Gasteiger partial charge on any atom is -0.359 e. The Morgan fingerprint density at radius 2 is 2.20 bits per heavy atom. The third-order valence-electron chi connectivity index (χ3n) is 0.758. The van der Waals surface area contributed by atoms with Crippen LogP contribution < -0.4 is 5.32 Å². The van der Waals surface area contributed by atoms with Crippen LogP contribution in [0.25, 0.3) is 0 Å². The lowest BCUT2D eigenvalue weighted by molar-refractivity contribution is -0.109.